The van der Waals surface area contributed by atoms with Crippen LogP contribution < -0.4 is 0 Å². The maximum absolute atomic E-state index is 12.7. The SMILES string of the molecule is CCCC1(C(=O)O)CCCN1S(=O)(=O)Cc1ccccc1. The Morgan fingerprint density at radius 2 is 2.00 bits per heavy atom. The Hall–Kier alpha value is -1.40. The molecule has 21 heavy (non-hydrogen) atoms. The van der Waals surface area contributed by atoms with Gasteiger partial charge in [0.1, 0.15) is 5.54 Å². The smallest absolute Gasteiger partial charge is 0.325 e. The van der Waals surface area contributed by atoms with E-state index in [1.54, 1.807) is 24.3 Å². The molecule has 1 saturated heterocycles. The molecule has 0 saturated carbocycles. The molecule has 0 aromatic heterocycles. The molecule has 1 aliphatic heterocycles. The van der Waals surface area contributed by atoms with Crippen molar-refractivity contribution in [3.8, 4) is 0 Å². The number of hydrogen-bond acceptors (Lipinski definition) is 3. The molecule has 0 spiro atoms. The number of carboxylic acids is 1. The van der Waals surface area contributed by atoms with E-state index >= 15 is 0 Å². The molecule has 0 bridgehead atoms. The first kappa shape index (κ1) is 16.0. The quantitative estimate of drug-likeness (QED) is 0.874. The molecule has 1 aromatic rings. The molecule has 1 atom stereocenters. The molecule has 116 valence electrons. The highest BCUT2D eigenvalue weighted by molar-refractivity contribution is 7.88. The van der Waals surface area contributed by atoms with Crippen molar-refractivity contribution in [2.75, 3.05) is 6.54 Å². The Bertz CT molecular complexity index is 599. The Morgan fingerprint density at radius 1 is 1.33 bits per heavy atom. The summed E-state index contributed by atoms with van der Waals surface area (Å²) < 4.78 is 26.5. The number of benzene rings is 1. The predicted molar refractivity (Wildman–Crippen MR) is 80.3 cm³/mol. The summed E-state index contributed by atoms with van der Waals surface area (Å²) in [7, 11) is -3.64. The average molecular weight is 311 g/mol. The van der Waals surface area contributed by atoms with Crippen molar-refractivity contribution in [3.05, 3.63) is 35.9 Å². The van der Waals surface area contributed by atoms with E-state index in [4.69, 9.17) is 0 Å². The molecule has 6 heteroatoms. The Morgan fingerprint density at radius 3 is 2.57 bits per heavy atom. The zero-order valence-electron chi connectivity index (χ0n) is 12.2. The van der Waals surface area contributed by atoms with Crippen LogP contribution in [-0.4, -0.2) is 35.9 Å². The average Bonchev–Trinajstić information content (AvgIpc) is 2.86. The third-order valence-corrected chi connectivity index (χ3v) is 5.92. The third kappa shape index (κ3) is 3.11. The lowest BCUT2D eigenvalue weighted by Gasteiger charge is -2.33. The number of sulfonamides is 1. The van der Waals surface area contributed by atoms with Gasteiger partial charge in [-0.05, 0) is 24.8 Å². The highest BCUT2D eigenvalue weighted by atomic mass is 32.2. The fraction of sp³-hybridized carbons (Fsp3) is 0.533. The molecular weight excluding hydrogens is 290 g/mol. The summed E-state index contributed by atoms with van der Waals surface area (Å²) in [5, 5.41) is 9.59. The predicted octanol–water partition coefficient (Wildman–Crippen LogP) is 2.24. The van der Waals surface area contributed by atoms with Crippen LogP contribution >= 0.6 is 0 Å². The maximum atomic E-state index is 12.7. The maximum Gasteiger partial charge on any atom is 0.325 e. The van der Waals surface area contributed by atoms with Crippen LogP contribution in [0.25, 0.3) is 0 Å². The number of hydrogen-bond donors (Lipinski definition) is 1. The van der Waals surface area contributed by atoms with Crippen molar-refractivity contribution in [1.82, 2.24) is 4.31 Å². The van der Waals surface area contributed by atoms with Gasteiger partial charge >= 0.3 is 5.97 Å². The van der Waals surface area contributed by atoms with Gasteiger partial charge in [0.05, 0.1) is 5.75 Å². The topological polar surface area (TPSA) is 74.7 Å². The van der Waals surface area contributed by atoms with Gasteiger partial charge in [-0.3, -0.25) is 4.79 Å². The van der Waals surface area contributed by atoms with Crippen LogP contribution in [0.5, 0.6) is 0 Å². The summed E-state index contributed by atoms with van der Waals surface area (Å²) >= 11 is 0. The second-order valence-corrected chi connectivity index (χ2v) is 7.40. The Kier molecular flexibility index (Phi) is 4.68. The normalized spacial score (nSPS) is 23.3. The van der Waals surface area contributed by atoms with Gasteiger partial charge in [-0.2, -0.15) is 4.31 Å². The zero-order valence-corrected chi connectivity index (χ0v) is 13.0. The van der Waals surface area contributed by atoms with Gasteiger partial charge in [0.2, 0.25) is 10.0 Å². The minimum atomic E-state index is -3.64. The first-order valence-electron chi connectivity index (χ1n) is 7.20. The molecular formula is C15H21NO4S. The highest BCUT2D eigenvalue weighted by Crippen LogP contribution is 2.37. The van der Waals surface area contributed by atoms with E-state index < -0.39 is 21.5 Å². The van der Waals surface area contributed by atoms with Crippen LogP contribution in [-0.2, 0) is 20.6 Å². The van der Waals surface area contributed by atoms with Gasteiger partial charge in [0.15, 0.2) is 0 Å². The van der Waals surface area contributed by atoms with Gasteiger partial charge in [-0.1, -0.05) is 43.7 Å². The lowest BCUT2D eigenvalue weighted by molar-refractivity contribution is -0.147. The van der Waals surface area contributed by atoms with Crippen molar-refractivity contribution < 1.29 is 18.3 Å². The molecule has 1 aromatic carbocycles. The number of rotatable bonds is 6. The molecule has 1 N–H and O–H groups in total. The monoisotopic (exact) mass is 311 g/mol. The second-order valence-electron chi connectivity index (χ2n) is 5.50. The van der Waals surface area contributed by atoms with Crippen molar-refractivity contribution >= 4 is 16.0 Å². The van der Waals surface area contributed by atoms with Crippen molar-refractivity contribution in [2.24, 2.45) is 0 Å². The summed E-state index contributed by atoms with van der Waals surface area (Å²) in [5.74, 6) is -1.18. The van der Waals surface area contributed by atoms with E-state index in [2.05, 4.69) is 0 Å². The molecule has 5 nitrogen and oxygen atoms in total. The number of aliphatic carboxylic acids is 1. The summed E-state index contributed by atoms with van der Waals surface area (Å²) in [4.78, 5) is 11.7. The molecule has 1 unspecified atom stereocenters. The van der Waals surface area contributed by atoms with E-state index in [-0.39, 0.29) is 5.75 Å². The fourth-order valence-corrected chi connectivity index (χ4v) is 5.08. The van der Waals surface area contributed by atoms with Gasteiger partial charge < -0.3 is 5.11 Å². The van der Waals surface area contributed by atoms with Gasteiger partial charge in [0.25, 0.3) is 0 Å². The summed E-state index contributed by atoms with van der Waals surface area (Å²) in [6.45, 7) is 2.17. The molecule has 1 aliphatic rings. The van der Waals surface area contributed by atoms with Crippen molar-refractivity contribution in [2.45, 2.75) is 43.9 Å². The number of nitrogens with zero attached hydrogens (tertiary/aromatic N) is 1. The van der Waals surface area contributed by atoms with Gasteiger partial charge in [0, 0.05) is 6.54 Å². The van der Waals surface area contributed by atoms with E-state index in [9.17, 15) is 18.3 Å². The van der Waals surface area contributed by atoms with Crippen molar-refractivity contribution in [3.63, 3.8) is 0 Å². The van der Waals surface area contributed by atoms with Gasteiger partial charge in [-0.15, -0.1) is 0 Å². The molecule has 1 fully saturated rings. The summed E-state index contributed by atoms with van der Waals surface area (Å²) in [6, 6.07) is 8.88. The Labute approximate surface area is 125 Å². The lowest BCUT2D eigenvalue weighted by atomic mass is 9.92. The molecule has 0 radical (unpaired) electrons. The first-order valence-corrected chi connectivity index (χ1v) is 8.81. The van der Waals surface area contributed by atoms with Crippen LogP contribution in [0.2, 0.25) is 0 Å². The molecule has 0 amide bonds. The summed E-state index contributed by atoms with van der Waals surface area (Å²) in [5.41, 5.74) is -0.581. The van der Waals surface area contributed by atoms with Crippen LogP contribution in [0.15, 0.2) is 30.3 Å². The third-order valence-electron chi connectivity index (χ3n) is 4.02. The Balaban J connectivity index is 2.31. The van der Waals surface area contributed by atoms with Gasteiger partial charge in [-0.25, -0.2) is 8.42 Å². The summed E-state index contributed by atoms with van der Waals surface area (Å²) in [6.07, 6.45) is 1.99. The van der Waals surface area contributed by atoms with Crippen LogP contribution in [0, 0.1) is 0 Å². The second kappa shape index (κ2) is 6.15. The largest absolute Gasteiger partial charge is 0.480 e. The van der Waals surface area contributed by atoms with E-state index in [1.807, 2.05) is 13.0 Å². The lowest BCUT2D eigenvalue weighted by Crippen LogP contribution is -2.53. The molecule has 1 heterocycles. The standard InChI is InChI=1S/C15H21NO4S/c1-2-9-15(14(17)18)10-6-11-16(15)21(19,20)12-13-7-4-3-5-8-13/h3-5,7-8H,2,6,9-12H2,1H3,(H,17,18). The van der Waals surface area contributed by atoms with E-state index in [0.29, 0.717) is 37.8 Å². The number of carboxylic acid groups (broad SMARTS) is 1. The minimum Gasteiger partial charge on any atom is -0.480 e. The minimum absolute atomic E-state index is 0.146. The van der Waals surface area contributed by atoms with E-state index in [1.165, 1.54) is 4.31 Å². The van der Waals surface area contributed by atoms with Crippen LogP contribution in [0.3, 0.4) is 0 Å². The molecule has 0 aliphatic carbocycles. The molecule has 2 rings (SSSR count). The zero-order chi connectivity index (χ0) is 15.5. The van der Waals surface area contributed by atoms with Crippen LogP contribution in [0.4, 0.5) is 0 Å². The highest BCUT2D eigenvalue weighted by Gasteiger charge is 2.51. The van der Waals surface area contributed by atoms with Crippen LogP contribution in [0.1, 0.15) is 38.2 Å². The number of carbonyl (C=O) groups is 1. The van der Waals surface area contributed by atoms with Crippen molar-refractivity contribution in [1.29, 1.82) is 0 Å². The fourth-order valence-electron chi connectivity index (χ4n) is 3.11. The first-order chi connectivity index (χ1) is 9.92. The van der Waals surface area contributed by atoms with E-state index in [0.717, 1.165) is 0 Å².